The van der Waals surface area contributed by atoms with Crippen molar-refractivity contribution < 1.29 is 14.3 Å². The molecule has 19 heavy (non-hydrogen) atoms. The fraction of sp³-hybridized carbons (Fsp3) is 0.929. The van der Waals surface area contributed by atoms with Gasteiger partial charge in [-0.3, -0.25) is 0 Å². The van der Waals surface area contributed by atoms with E-state index >= 15 is 0 Å². The number of carbonyl (C=O) groups excluding carboxylic acids is 1. The van der Waals surface area contributed by atoms with Crippen LogP contribution in [0.1, 0.15) is 39.5 Å². The van der Waals surface area contributed by atoms with Crippen LogP contribution in [0, 0.1) is 5.92 Å². The highest BCUT2D eigenvalue weighted by Crippen LogP contribution is 2.35. The number of amides is 2. The zero-order valence-electron chi connectivity index (χ0n) is 12.3. The van der Waals surface area contributed by atoms with Gasteiger partial charge in [-0.1, -0.05) is 13.8 Å². The first-order chi connectivity index (χ1) is 9.01. The van der Waals surface area contributed by atoms with Gasteiger partial charge < -0.3 is 19.7 Å². The molecule has 0 aromatic heterocycles. The number of rotatable bonds is 3. The van der Waals surface area contributed by atoms with Gasteiger partial charge in [-0.25, -0.2) is 4.79 Å². The molecule has 1 aliphatic heterocycles. The van der Waals surface area contributed by atoms with E-state index in [1.807, 2.05) is 7.05 Å². The Morgan fingerprint density at radius 1 is 1.32 bits per heavy atom. The largest absolute Gasteiger partial charge is 0.348 e. The summed E-state index contributed by atoms with van der Waals surface area (Å²) in [5.74, 6) is 0.149. The van der Waals surface area contributed by atoms with Crippen molar-refractivity contribution in [3.8, 4) is 0 Å². The summed E-state index contributed by atoms with van der Waals surface area (Å²) in [6, 6.07) is 0.281. The Hall–Kier alpha value is -0.810. The summed E-state index contributed by atoms with van der Waals surface area (Å²) in [5.41, 5.74) is 0. The van der Waals surface area contributed by atoms with Crippen LogP contribution in [0.3, 0.4) is 0 Å². The minimum absolute atomic E-state index is 0.0305. The van der Waals surface area contributed by atoms with Crippen molar-refractivity contribution in [2.75, 3.05) is 26.8 Å². The molecule has 5 nitrogen and oxygen atoms in total. The molecule has 1 spiro atoms. The fourth-order valence-corrected chi connectivity index (χ4v) is 2.90. The Labute approximate surface area is 115 Å². The molecule has 2 aliphatic rings. The number of hydrogen-bond donors (Lipinski definition) is 1. The Balaban J connectivity index is 1.74. The summed E-state index contributed by atoms with van der Waals surface area (Å²) < 4.78 is 11.4. The SMILES string of the molecule is CC(C)CN(C)C(=O)NC1CCC2(CC1)OCCO2. The standard InChI is InChI=1S/C14H26N2O3/c1-11(2)10-16(3)13(17)15-12-4-6-14(7-5-12)18-8-9-19-14/h11-12H,4-10H2,1-3H3,(H,15,17). The molecule has 0 radical (unpaired) electrons. The number of ether oxygens (including phenoxy) is 2. The van der Waals surface area contributed by atoms with Gasteiger partial charge in [0.25, 0.3) is 0 Å². The third-order valence-corrected chi connectivity index (χ3v) is 3.87. The lowest BCUT2D eigenvalue weighted by atomic mass is 9.90. The van der Waals surface area contributed by atoms with Crippen LogP contribution in [0.25, 0.3) is 0 Å². The molecule has 0 bridgehead atoms. The quantitative estimate of drug-likeness (QED) is 0.853. The van der Waals surface area contributed by atoms with Crippen molar-refractivity contribution in [2.45, 2.75) is 51.4 Å². The number of nitrogens with zero attached hydrogens (tertiary/aromatic N) is 1. The molecule has 2 rings (SSSR count). The average Bonchev–Trinajstić information content (AvgIpc) is 2.80. The molecule has 110 valence electrons. The fourth-order valence-electron chi connectivity index (χ4n) is 2.90. The van der Waals surface area contributed by atoms with Gasteiger partial charge in [-0.15, -0.1) is 0 Å². The summed E-state index contributed by atoms with van der Waals surface area (Å²) in [5, 5.41) is 3.11. The minimum atomic E-state index is -0.342. The summed E-state index contributed by atoms with van der Waals surface area (Å²) in [6.45, 7) is 6.42. The topological polar surface area (TPSA) is 50.8 Å². The third-order valence-electron chi connectivity index (χ3n) is 3.87. The molecule has 0 atom stereocenters. The van der Waals surface area contributed by atoms with Crippen molar-refractivity contribution in [3.63, 3.8) is 0 Å². The van der Waals surface area contributed by atoms with Crippen molar-refractivity contribution in [2.24, 2.45) is 5.92 Å². The molecule has 2 fully saturated rings. The summed E-state index contributed by atoms with van der Waals surface area (Å²) in [6.07, 6.45) is 3.63. The van der Waals surface area contributed by atoms with E-state index in [-0.39, 0.29) is 17.9 Å². The highest BCUT2D eigenvalue weighted by molar-refractivity contribution is 5.74. The molecule has 5 heteroatoms. The molecule has 1 heterocycles. The molecule has 1 N–H and O–H groups in total. The molecule has 1 saturated heterocycles. The van der Waals surface area contributed by atoms with E-state index in [0.29, 0.717) is 19.1 Å². The maximum Gasteiger partial charge on any atom is 0.317 e. The van der Waals surface area contributed by atoms with Gasteiger partial charge in [0.2, 0.25) is 0 Å². The van der Waals surface area contributed by atoms with Crippen molar-refractivity contribution in [1.29, 1.82) is 0 Å². The molecule has 0 aromatic rings. The van der Waals surface area contributed by atoms with Crippen LogP contribution in [0.2, 0.25) is 0 Å². The highest BCUT2D eigenvalue weighted by Gasteiger charge is 2.40. The summed E-state index contributed by atoms with van der Waals surface area (Å²) in [7, 11) is 1.85. The Morgan fingerprint density at radius 2 is 1.89 bits per heavy atom. The number of hydrogen-bond acceptors (Lipinski definition) is 3. The normalized spacial score (nSPS) is 22.9. The van der Waals surface area contributed by atoms with E-state index in [2.05, 4.69) is 19.2 Å². The van der Waals surface area contributed by atoms with Gasteiger partial charge in [0.1, 0.15) is 0 Å². The third kappa shape index (κ3) is 3.83. The zero-order valence-corrected chi connectivity index (χ0v) is 12.3. The van der Waals surface area contributed by atoms with E-state index < -0.39 is 0 Å². The molecule has 0 unspecified atom stereocenters. The lowest BCUT2D eigenvalue weighted by Gasteiger charge is -2.36. The Bertz CT molecular complexity index is 304. The maximum atomic E-state index is 12.0. The first-order valence-corrected chi connectivity index (χ1v) is 7.30. The van der Waals surface area contributed by atoms with Crippen molar-refractivity contribution in [3.05, 3.63) is 0 Å². The number of urea groups is 1. The monoisotopic (exact) mass is 270 g/mol. The first-order valence-electron chi connectivity index (χ1n) is 7.30. The predicted octanol–water partition coefficient (Wildman–Crippen LogP) is 1.97. The van der Waals surface area contributed by atoms with Crippen LogP contribution in [-0.2, 0) is 9.47 Å². The van der Waals surface area contributed by atoms with Gasteiger partial charge in [0.15, 0.2) is 5.79 Å². The smallest absolute Gasteiger partial charge is 0.317 e. The molecule has 2 amide bonds. The second-order valence-corrected chi connectivity index (χ2v) is 6.11. The van der Waals surface area contributed by atoms with Crippen molar-refractivity contribution >= 4 is 6.03 Å². The second-order valence-electron chi connectivity index (χ2n) is 6.11. The van der Waals surface area contributed by atoms with Crippen LogP contribution in [-0.4, -0.2) is 49.6 Å². The Kier molecular flexibility index (Phi) is 4.68. The van der Waals surface area contributed by atoms with Gasteiger partial charge in [-0.2, -0.15) is 0 Å². The van der Waals surface area contributed by atoms with Crippen LogP contribution in [0.15, 0.2) is 0 Å². The predicted molar refractivity (Wildman–Crippen MR) is 72.9 cm³/mol. The van der Waals surface area contributed by atoms with Crippen LogP contribution in [0.4, 0.5) is 4.79 Å². The lowest BCUT2D eigenvalue weighted by molar-refractivity contribution is -0.179. The van der Waals surface area contributed by atoms with E-state index in [1.54, 1.807) is 4.90 Å². The second kappa shape index (κ2) is 6.09. The first kappa shape index (κ1) is 14.6. The van der Waals surface area contributed by atoms with E-state index in [1.165, 1.54) is 0 Å². The number of carbonyl (C=O) groups is 1. The summed E-state index contributed by atoms with van der Waals surface area (Å²) >= 11 is 0. The zero-order chi connectivity index (χ0) is 13.9. The van der Waals surface area contributed by atoms with Gasteiger partial charge >= 0.3 is 6.03 Å². The molecule has 0 aromatic carbocycles. The lowest BCUT2D eigenvalue weighted by Crippen LogP contribution is -2.48. The average molecular weight is 270 g/mol. The van der Waals surface area contributed by atoms with E-state index in [0.717, 1.165) is 32.2 Å². The van der Waals surface area contributed by atoms with Gasteiger partial charge in [-0.05, 0) is 18.8 Å². The van der Waals surface area contributed by atoms with E-state index in [4.69, 9.17) is 9.47 Å². The van der Waals surface area contributed by atoms with Crippen LogP contribution >= 0.6 is 0 Å². The van der Waals surface area contributed by atoms with E-state index in [9.17, 15) is 4.79 Å². The van der Waals surface area contributed by atoms with Gasteiger partial charge in [0.05, 0.1) is 13.2 Å². The van der Waals surface area contributed by atoms with Gasteiger partial charge in [0, 0.05) is 32.5 Å². The van der Waals surface area contributed by atoms with Crippen LogP contribution < -0.4 is 5.32 Å². The number of nitrogens with one attached hydrogen (secondary N) is 1. The highest BCUT2D eigenvalue weighted by atomic mass is 16.7. The molecule has 1 saturated carbocycles. The maximum absolute atomic E-state index is 12.0. The summed E-state index contributed by atoms with van der Waals surface area (Å²) in [4.78, 5) is 13.8. The molecule has 1 aliphatic carbocycles. The van der Waals surface area contributed by atoms with Crippen molar-refractivity contribution in [1.82, 2.24) is 10.2 Å². The van der Waals surface area contributed by atoms with Crippen LogP contribution in [0.5, 0.6) is 0 Å². The minimum Gasteiger partial charge on any atom is -0.348 e. The molecular formula is C14H26N2O3. The Morgan fingerprint density at radius 3 is 2.42 bits per heavy atom. The molecular weight excluding hydrogens is 244 g/mol.